The van der Waals surface area contributed by atoms with E-state index in [9.17, 15) is 4.79 Å². The van der Waals surface area contributed by atoms with Crippen LogP contribution in [0.15, 0.2) is 42.0 Å². The lowest BCUT2D eigenvalue weighted by Gasteiger charge is -2.12. The smallest absolute Gasteiger partial charge is 0.233 e. The van der Waals surface area contributed by atoms with Crippen molar-refractivity contribution >= 4 is 5.91 Å². The first-order chi connectivity index (χ1) is 10.8. The highest BCUT2D eigenvalue weighted by atomic mass is 16.1. The van der Waals surface area contributed by atoms with E-state index in [0.717, 1.165) is 32.4 Å². The fraction of sp³-hybridized carbons (Fsp3) is 0.526. The van der Waals surface area contributed by atoms with Crippen LogP contribution in [0.5, 0.6) is 0 Å². The van der Waals surface area contributed by atoms with Gasteiger partial charge in [-0.15, -0.1) is 0 Å². The molecule has 0 saturated carbocycles. The number of carbonyl (C=O) groups excluding carboxylic acids is 1. The van der Waals surface area contributed by atoms with Gasteiger partial charge in [0.1, 0.15) is 0 Å². The van der Waals surface area contributed by atoms with Crippen molar-refractivity contribution in [2.45, 2.75) is 44.9 Å². The summed E-state index contributed by atoms with van der Waals surface area (Å²) in [4.78, 5) is 11.7. The molecule has 0 radical (unpaired) electrons. The second kappa shape index (κ2) is 10.2. The molecule has 0 aromatic heterocycles. The van der Waals surface area contributed by atoms with Crippen molar-refractivity contribution in [1.29, 1.82) is 0 Å². The van der Waals surface area contributed by atoms with Crippen LogP contribution >= 0.6 is 0 Å². The Labute approximate surface area is 134 Å². The summed E-state index contributed by atoms with van der Waals surface area (Å²) in [5, 5.41) is 6.21. The number of hydrogen-bond acceptors (Lipinski definition) is 2. The first-order valence-corrected chi connectivity index (χ1v) is 8.54. The number of hydrogen-bond donors (Lipinski definition) is 2. The fourth-order valence-electron chi connectivity index (χ4n) is 2.81. The Morgan fingerprint density at radius 2 is 1.91 bits per heavy atom. The van der Waals surface area contributed by atoms with E-state index < -0.39 is 0 Å². The van der Waals surface area contributed by atoms with Crippen LogP contribution in [0.3, 0.4) is 0 Å². The molecular formula is C19H28N2O. The lowest BCUT2D eigenvalue weighted by atomic mass is 9.97. The van der Waals surface area contributed by atoms with Crippen LogP contribution in [0.25, 0.3) is 0 Å². The van der Waals surface area contributed by atoms with Gasteiger partial charge in [-0.25, -0.2) is 0 Å². The third-order valence-corrected chi connectivity index (χ3v) is 4.10. The Bertz CT molecular complexity index is 468. The van der Waals surface area contributed by atoms with E-state index in [1.807, 2.05) is 6.07 Å². The van der Waals surface area contributed by atoms with Crippen LogP contribution < -0.4 is 10.6 Å². The Hall–Kier alpha value is -1.61. The predicted octanol–water partition coefficient (Wildman–Crippen LogP) is 3.22. The zero-order valence-corrected chi connectivity index (χ0v) is 13.4. The summed E-state index contributed by atoms with van der Waals surface area (Å²) in [7, 11) is 0. The van der Waals surface area contributed by atoms with Crippen molar-refractivity contribution in [3.05, 3.63) is 47.5 Å². The van der Waals surface area contributed by atoms with Gasteiger partial charge in [0.2, 0.25) is 5.91 Å². The number of amides is 1. The molecule has 0 aliphatic heterocycles. The third kappa shape index (κ3) is 6.90. The van der Waals surface area contributed by atoms with Gasteiger partial charge in [0, 0.05) is 6.54 Å². The molecule has 3 heteroatoms. The highest BCUT2D eigenvalue weighted by Crippen LogP contribution is 2.19. The van der Waals surface area contributed by atoms with Gasteiger partial charge in [-0.05, 0) is 57.1 Å². The maximum absolute atomic E-state index is 11.7. The number of rotatable bonds is 9. The molecule has 1 aliphatic rings. The molecule has 0 atom stereocenters. The van der Waals surface area contributed by atoms with E-state index in [2.05, 4.69) is 41.0 Å². The molecule has 0 fully saturated rings. The quantitative estimate of drug-likeness (QED) is 0.543. The average molecular weight is 300 g/mol. The van der Waals surface area contributed by atoms with Crippen molar-refractivity contribution in [1.82, 2.24) is 10.6 Å². The second-order valence-corrected chi connectivity index (χ2v) is 5.97. The lowest BCUT2D eigenvalue weighted by molar-refractivity contribution is -0.120. The molecule has 22 heavy (non-hydrogen) atoms. The van der Waals surface area contributed by atoms with Crippen LogP contribution in [0.4, 0.5) is 0 Å². The zero-order chi connectivity index (χ0) is 15.5. The number of allylic oxidation sites excluding steroid dienone is 1. The van der Waals surface area contributed by atoms with Gasteiger partial charge in [0.15, 0.2) is 0 Å². The van der Waals surface area contributed by atoms with Gasteiger partial charge < -0.3 is 10.6 Å². The van der Waals surface area contributed by atoms with Gasteiger partial charge in [0.25, 0.3) is 0 Å². The van der Waals surface area contributed by atoms with E-state index in [4.69, 9.17) is 0 Å². The normalized spacial score (nSPS) is 14.5. The topological polar surface area (TPSA) is 41.1 Å². The van der Waals surface area contributed by atoms with Crippen molar-refractivity contribution < 1.29 is 4.79 Å². The third-order valence-electron chi connectivity index (χ3n) is 4.10. The first-order valence-electron chi connectivity index (χ1n) is 8.54. The Morgan fingerprint density at radius 3 is 2.68 bits per heavy atom. The number of nitrogens with one attached hydrogen (secondary N) is 2. The number of benzene rings is 1. The Balaban J connectivity index is 1.46. The van der Waals surface area contributed by atoms with Gasteiger partial charge >= 0.3 is 0 Å². The summed E-state index contributed by atoms with van der Waals surface area (Å²) in [6.07, 6.45) is 10.6. The van der Waals surface area contributed by atoms with Gasteiger partial charge in [0.05, 0.1) is 6.54 Å². The molecule has 120 valence electrons. The molecule has 2 rings (SSSR count). The van der Waals surface area contributed by atoms with Crippen molar-refractivity contribution in [3.8, 4) is 0 Å². The lowest BCUT2D eigenvalue weighted by Crippen LogP contribution is -2.35. The molecule has 0 heterocycles. The van der Waals surface area contributed by atoms with Gasteiger partial charge in [-0.3, -0.25) is 4.79 Å². The number of carbonyl (C=O) groups is 1. The van der Waals surface area contributed by atoms with E-state index in [-0.39, 0.29) is 5.91 Å². The molecular weight excluding hydrogens is 272 g/mol. The fourth-order valence-corrected chi connectivity index (χ4v) is 2.81. The molecule has 1 aliphatic carbocycles. The summed E-state index contributed by atoms with van der Waals surface area (Å²) in [5.41, 5.74) is 2.89. The molecule has 2 N–H and O–H groups in total. The SMILES string of the molecule is O=C(CNCCC1=CCCCC1)NCCCc1ccccc1. The van der Waals surface area contributed by atoms with E-state index in [1.54, 1.807) is 5.57 Å². The molecule has 0 saturated heterocycles. The van der Waals surface area contributed by atoms with E-state index >= 15 is 0 Å². The van der Waals surface area contributed by atoms with E-state index in [1.165, 1.54) is 31.2 Å². The molecule has 0 unspecified atom stereocenters. The summed E-state index contributed by atoms with van der Waals surface area (Å²) < 4.78 is 0. The van der Waals surface area contributed by atoms with Crippen molar-refractivity contribution in [2.75, 3.05) is 19.6 Å². The maximum atomic E-state index is 11.7. The van der Waals surface area contributed by atoms with E-state index in [0.29, 0.717) is 6.54 Å². The highest BCUT2D eigenvalue weighted by Gasteiger charge is 2.04. The minimum atomic E-state index is 0.102. The molecule has 0 spiro atoms. The maximum Gasteiger partial charge on any atom is 0.233 e. The van der Waals surface area contributed by atoms with Crippen LogP contribution in [0, 0.1) is 0 Å². The largest absolute Gasteiger partial charge is 0.355 e. The van der Waals surface area contributed by atoms with Crippen LogP contribution in [-0.4, -0.2) is 25.5 Å². The minimum absolute atomic E-state index is 0.102. The van der Waals surface area contributed by atoms with Crippen LogP contribution in [0.2, 0.25) is 0 Å². The van der Waals surface area contributed by atoms with Crippen LogP contribution in [0.1, 0.15) is 44.1 Å². The summed E-state index contributed by atoms with van der Waals surface area (Å²) in [6, 6.07) is 10.4. The van der Waals surface area contributed by atoms with Crippen molar-refractivity contribution in [2.24, 2.45) is 0 Å². The highest BCUT2D eigenvalue weighted by molar-refractivity contribution is 5.77. The number of aryl methyl sites for hydroxylation is 1. The predicted molar refractivity (Wildman–Crippen MR) is 91.8 cm³/mol. The second-order valence-electron chi connectivity index (χ2n) is 5.97. The summed E-state index contributed by atoms with van der Waals surface area (Å²) in [5.74, 6) is 0.102. The molecule has 1 aromatic carbocycles. The van der Waals surface area contributed by atoms with Crippen molar-refractivity contribution in [3.63, 3.8) is 0 Å². The standard InChI is InChI=1S/C19H28N2O/c22-19(16-20-15-13-18-10-5-2-6-11-18)21-14-7-12-17-8-3-1-4-9-17/h1,3-4,8-10,20H,2,5-7,11-16H2,(H,21,22). The average Bonchev–Trinajstić information content (AvgIpc) is 2.57. The van der Waals surface area contributed by atoms with Crippen LogP contribution in [-0.2, 0) is 11.2 Å². The molecule has 1 aromatic rings. The summed E-state index contributed by atoms with van der Waals surface area (Å²) in [6.45, 7) is 2.09. The molecule has 1 amide bonds. The Kier molecular flexibility index (Phi) is 7.75. The summed E-state index contributed by atoms with van der Waals surface area (Å²) >= 11 is 0. The van der Waals surface area contributed by atoms with Gasteiger partial charge in [-0.2, -0.15) is 0 Å². The Morgan fingerprint density at radius 1 is 1.05 bits per heavy atom. The zero-order valence-electron chi connectivity index (χ0n) is 13.4. The molecule has 0 bridgehead atoms. The van der Waals surface area contributed by atoms with Gasteiger partial charge in [-0.1, -0.05) is 42.0 Å². The molecule has 3 nitrogen and oxygen atoms in total. The minimum Gasteiger partial charge on any atom is -0.355 e. The monoisotopic (exact) mass is 300 g/mol. The first kappa shape index (κ1) is 16.8.